The molecule has 0 unspecified atom stereocenters. The molecule has 0 radical (unpaired) electrons. The molecule has 0 saturated heterocycles. The number of anilines is 1. The summed E-state index contributed by atoms with van der Waals surface area (Å²) in [6.45, 7) is 0. The molecule has 0 spiro atoms. The van der Waals surface area contributed by atoms with E-state index in [1.54, 1.807) is 12.1 Å². The van der Waals surface area contributed by atoms with E-state index >= 15 is 0 Å². The van der Waals surface area contributed by atoms with Crippen molar-refractivity contribution < 1.29 is 18.0 Å². The van der Waals surface area contributed by atoms with Crippen LogP contribution in [0.4, 0.5) is 18.9 Å². The Bertz CT molecular complexity index is 1200. The first-order chi connectivity index (χ1) is 14.9. The van der Waals surface area contributed by atoms with Crippen molar-refractivity contribution in [2.75, 3.05) is 5.32 Å². The van der Waals surface area contributed by atoms with Gasteiger partial charge in [-0.15, -0.1) is 5.10 Å². The van der Waals surface area contributed by atoms with Gasteiger partial charge in [0.2, 0.25) is 0 Å². The number of amides is 1. The molecular formula is C23H17F3N4O. The fourth-order valence-electron chi connectivity index (χ4n) is 3.20. The molecule has 1 aromatic heterocycles. The highest BCUT2D eigenvalue weighted by Crippen LogP contribution is 2.33. The van der Waals surface area contributed by atoms with Gasteiger partial charge >= 0.3 is 6.18 Å². The van der Waals surface area contributed by atoms with Gasteiger partial charge in [0.25, 0.3) is 5.91 Å². The number of carbonyl (C=O) groups is 1. The maximum Gasteiger partial charge on any atom is 0.418 e. The summed E-state index contributed by atoms with van der Waals surface area (Å²) >= 11 is 0. The van der Waals surface area contributed by atoms with Crippen LogP contribution in [-0.4, -0.2) is 20.9 Å². The zero-order chi connectivity index (χ0) is 21.8. The average Bonchev–Trinajstić information content (AvgIpc) is 3.26. The van der Waals surface area contributed by atoms with E-state index < -0.39 is 17.6 Å². The molecule has 3 aromatic carbocycles. The van der Waals surface area contributed by atoms with Crippen LogP contribution in [0.25, 0.3) is 5.69 Å². The van der Waals surface area contributed by atoms with Crippen molar-refractivity contribution in [3.63, 3.8) is 0 Å². The first-order valence-corrected chi connectivity index (χ1v) is 9.44. The maximum atomic E-state index is 13.3. The van der Waals surface area contributed by atoms with E-state index in [4.69, 9.17) is 0 Å². The van der Waals surface area contributed by atoms with E-state index in [-0.39, 0.29) is 11.4 Å². The lowest BCUT2D eigenvalue weighted by atomic mass is 10.0. The van der Waals surface area contributed by atoms with Crippen LogP contribution in [0.2, 0.25) is 0 Å². The van der Waals surface area contributed by atoms with Crippen molar-refractivity contribution in [2.24, 2.45) is 0 Å². The highest BCUT2D eigenvalue weighted by Gasteiger charge is 2.34. The highest BCUT2D eigenvalue weighted by molar-refractivity contribution is 6.03. The molecule has 1 heterocycles. The minimum absolute atomic E-state index is 0.0912. The van der Waals surface area contributed by atoms with Gasteiger partial charge in [-0.3, -0.25) is 4.79 Å². The van der Waals surface area contributed by atoms with E-state index in [1.807, 2.05) is 42.5 Å². The Morgan fingerprint density at radius 2 is 1.58 bits per heavy atom. The smallest absolute Gasteiger partial charge is 0.320 e. The second-order valence-corrected chi connectivity index (χ2v) is 6.84. The van der Waals surface area contributed by atoms with Crippen LogP contribution in [0.3, 0.4) is 0 Å². The molecule has 0 atom stereocenters. The fourth-order valence-corrected chi connectivity index (χ4v) is 3.20. The number of carbonyl (C=O) groups excluding carboxylic acids is 1. The summed E-state index contributed by atoms with van der Waals surface area (Å²) < 4.78 is 40.8. The van der Waals surface area contributed by atoms with Crippen LogP contribution >= 0.6 is 0 Å². The van der Waals surface area contributed by atoms with Crippen molar-refractivity contribution in [2.45, 2.75) is 12.6 Å². The van der Waals surface area contributed by atoms with Crippen LogP contribution in [0, 0.1) is 0 Å². The van der Waals surface area contributed by atoms with Gasteiger partial charge in [-0.05, 0) is 35.7 Å². The number of halogens is 3. The Kier molecular flexibility index (Phi) is 5.53. The van der Waals surface area contributed by atoms with E-state index in [0.717, 1.165) is 21.9 Å². The number of nitrogens with zero attached hydrogens (tertiary/aromatic N) is 3. The summed E-state index contributed by atoms with van der Waals surface area (Å²) in [4.78, 5) is 12.7. The molecule has 0 saturated carbocycles. The van der Waals surface area contributed by atoms with Crippen molar-refractivity contribution in [3.8, 4) is 5.69 Å². The van der Waals surface area contributed by atoms with Crippen LogP contribution in [0.1, 0.15) is 27.2 Å². The van der Waals surface area contributed by atoms with Crippen molar-refractivity contribution in [3.05, 3.63) is 107 Å². The standard InChI is InChI=1S/C23H17F3N4O/c24-23(25,26)18-11-5-7-13-21(18)30-15-20(28-29-30)22(31)27-19-12-6-4-10-17(19)14-16-8-2-1-3-9-16/h1-13,15H,14H2,(H,27,31). The lowest BCUT2D eigenvalue weighted by Gasteiger charge is -2.11. The number of aromatic nitrogens is 3. The molecule has 0 aliphatic carbocycles. The second kappa shape index (κ2) is 8.43. The van der Waals surface area contributed by atoms with Crippen molar-refractivity contribution >= 4 is 11.6 Å². The predicted molar refractivity (Wildman–Crippen MR) is 110 cm³/mol. The highest BCUT2D eigenvalue weighted by atomic mass is 19.4. The number of alkyl halides is 3. The summed E-state index contributed by atoms with van der Waals surface area (Å²) in [6, 6.07) is 22.1. The zero-order valence-electron chi connectivity index (χ0n) is 16.2. The normalized spacial score (nSPS) is 11.3. The van der Waals surface area contributed by atoms with Crippen molar-refractivity contribution in [1.29, 1.82) is 0 Å². The van der Waals surface area contributed by atoms with E-state index in [9.17, 15) is 18.0 Å². The lowest BCUT2D eigenvalue weighted by Crippen LogP contribution is -2.14. The molecule has 1 amide bonds. The molecule has 0 fully saturated rings. The van der Waals surface area contributed by atoms with E-state index in [0.29, 0.717) is 12.1 Å². The molecule has 5 nitrogen and oxygen atoms in total. The molecule has 156 valence electrons. The molecule has 4 rings (SSSR count). The molecule has 31 heavy (non-hydrogen) atoms. The van der Waals surface area contributed by atoms with Gasteiger partial charge in [-0.25, -0.2) is 4.68 Å². The molecular weight excluding hydrogens is 405 g/mol. The largest absolute Gasteiger partial charge is 0.418 e. The maximum absolute atomic E-state index is 13.3. The Balaban J connectivity index is 1.57. The van der Waals surface area contributed by atoms with Gasteiger partial charge < -0.3 is 5.32 Å². The number of benzene rings is 3. The molecule has 0 aliphatic heterocycles. The van der Waals surface area contributed by atoms with Crippen LogP contribution < -0.4 is 5.32 Å². The monoisotopic (exact) mass is 422 g/mol. The first kappa shape index (κ1) is 20.3. The van der Waals surface area contributed by atoms with E-state index in [1.165, 1.54) is 24.4 Å². The minimum atomic E-state index is -4.55. The third kappa shape index (κ3) is 4.63. The molecule has 0 aliphatic rings. The third-order valence-electron chi connectivity index (χ3n) is 4.69. The lowest BCUT2D eigenvalue weighted by molar-refractivity contribution is -0.137. The van der Waals surface area contributed by atoms with Crippen LogP contribution in [-0.2, 0) is 12.6 Å². The van der Waals surface area contributed by atoms with Crippen LogP contribution in [0.15, 0.2) is 85.1 Å². The first-order valence-electron chi connectivity index (χ1n) is 9.44. The summed E-state index contributed by atoms with van der Waals surface area (Å²) in [5.74, 6) is -0.559. The topological polar surface area (TPSA) is 59.8 Å². The fraction of sp³-hybridized carbons (Fsp3) is 0.0870. The van der Waals surface area contributed by atoms with Gasteiger partial charge in [0.15, 0.2) is 5.69 Å². The molecule has 0 bridgehead atoms. The predicted octanol–water partition coefficient (Wildman–Crippen LogP) is 5.13. The summed E-state index contributed by atoms with van der Waals surface area (Å²) in [5, 5.41) is 10.3. The Hall–Kier alpha value is -3.94. The third-order valence-corrected chi connectivity index (χ3v) is 4.69. The summed E-state index contributed by atoms with van der Waals surface area (Å²) in [5.41, 5.74) is 1.43. The molecule has 8 heteroatoms. The Labute approximate surface area is 176 Å². The van der Waals surface area contributed by atoms with E-state index in [2.05, 4.69) is 15.6 Å². The van der Waals surface area contributed by atoms with Gasteiger partial charge in [-0.2, -0.15) is 13.2 Å². The zero-order valence-corrected chi connectivity index (χ0v) is 16.2. The number of hydrogen-bond acceptors (Lipinski definition) is 3. The SMILES string of the molecule is O=C(Nc1ccccc1Cc1ccccc1)c1cn(-c2ccccc2C(F)(F)F)nn1. The van der Waals surface area contributed by atoms with Gasteiger partial charge in [0.1, 0.15) is 0 Å². The van der Waals surface area contributed by atoms with Crippen molar-refractivity contribution in [1.82, 2.24) is 15.0 Å². The number of nitrogens with one attached hydrogen (secondary N) is 1. The Morgan fingerprint density at radius 1 is 0.903 bits per heavy atom. The quantitative estimate of drug-likeness (QED) is 0.485. The van der Waals surface area contributed by atoms with Gasteiger partial charge in [0.05, 0.1) is 17.4 Å². The van der Waals surface area contributed by atoms with Gasteiger partial charge in [-0.1, -0.05) is 65.9 Å². The molecule has 4 aromatic rings. The number of hydrogen-bond donors (Lipinski definition) is 1. The number of rotatable bonds is 5. The summed E-state index contributed by atoms with van der Waals surface area (Å²) in [6.07, 6.45) is -2.76. The minimum Gasteiger partial charge on any atom is -0.320 e. The summed E-state index contributed by atoms with van der Waals surface area (Å²) in [7, 11) is 0. The van der Waals surface area contributed by atoms with Crippen LogP contribution in [0.5, 0.6) is 0 Å². The average molecular weight is 422 g/mol. The number of para-hydroxylation sites is 2. The second-order valence-electron chi connectivity index (χ2n) is 6.84. The Morgan fingerprint density at radius 3 is 2.35 bits per heavy atom. The molecule has 1 N–H and O–H groups in total. The van der Waals surface area contributed by atoms with Gasteiger partial charge in [0, 0.05) is 5.69 Å².